The number of nitrogens with zero attached hydrogens (tertiary/aromatic N) is 2. The van der Waals surface area contributed by atoms with Crippen LogP contribution in [0.5, 0.6) is 0 Å². The number of hydrogen-bond donors (Lipinski definition) is 1. The Bertz CT molecular complexity index is 1060. The highest BCUT2D eigenvalue weighted by Crippen LogP contribution is 2.33. The van der Waals surface area contributed by atoms with Gasteiger partial charge >= 0.3 is 0 Å². The van der Waals surface area contributed by atoms with Crippen molar-refractivity contribution in [1.82, 2.24) is 0 Å². The summed E-state index contributed by atoms with van der Waals surface area (Å²) in [6.45, 7) is 0. The standard InChI is InChI=1S/C17H10N2O2S2/c20-19(21)13-7-5-12(6-8-13)15-17(22)23-16-14-4-2-1-3-11(14)9-10-18(15)16/h1-10H/p+1. The predicted octanol–water partition coefficient (Wildman–Crippen LogP) is 4.50. The number of fused-ring (bicyclic) bond motifs is 3. The fraction of sp³-hybridized carbons (Fsp3) is 0. The number of nitro groups is 1. The lowest BCUT2D eigenvalue weighted by Crippen LogP contribution is -2.21. The van der Waals surface area contributed by atoms with Gasteiger partial charge in [0.2, 0.25) is 5.69 Å². The molecule has 0 atom stereocenters. The van der Waals surface area contributed by atoms with E-state index in [1.165, 1.54) is 22.9 Å². The molecule has 0 amide bonds. The van der Waals surface area contributed by atoms with Crippen molar-refractivity contribution in [2.24, 2.45) is 0 Å². The summed E-state index contributed by atoms with van der Waals surface area (Å²) in [5.74, 6) is 0. The molecule has 0 saturated carbocycles. The molecule has 0 N–H and O–H groups in total. The summed E-state index contributed by atoms with van der Waals surface area (Å²) < 4.78 is 2.98. The lowest BCUT2D eigenvalue weighted by molar-refractivity contribution is -0.495. The molecular weight excluding hydrogens is 328 g/mol. The summed E-state index contributed by atoms with van der Waals surface area (Å²) in [7, 11) is 0. The minimum atomic E-state index is -0.391. The molecule has 0 radical (unpaired) electrons. The van der Waals surface area contributed by atoms with Crippen molar-refractivity contribution < 1.29 is 9.32 Å². The van der Waals surface area contributed by atoms with Crippen molar-refractivity contribution in [3.63, 3.8) is 0 Å². The number of nitro benzene ring substituents is 1. The monoisotopic (exact) mass is 339 g/mol. The molecule has 2 heterocycles. The van der Waals surface area contributed by atoms with Gasteiger partial charge in [-0.15, -0.1) is 17.0 Å². The SMILES string of the molecule is O=[N+]([O-])c1ccc(-c2c(S)sc3c4ccccc4cc[n+]23)cc1. The Balaban J connectivity index is 1.98. The molecule has 4 nitrogen and oxygen atoms in total. The molecule has 6 heteroatoms. The Hall–Kier alpha value is -2.44. The van der Waals surface area contributed by atoms with Crippen LogP contribution < -0.4 is 4.40 Å². The maximum Gasteiger partial charge on any atom is 0.276 e. The fourth-order valence-corrected chi connectivity index (χ4v) is 4.25. The Labute approximate surface area is 141 Å². The number of benzene rings is 2. The van der Waals surface area contributed by atoms with E-state index in [4.69, 9.17) is 0 Å². The van der Waals surface area contributed by atoms with E-state index in [1.807, 2.05) is 18.3 Å². The molecule has 2 aromatic carbocycles. The van der Waals surface area contributed by atoms with Gasteiger partial charge in [0.25, 0.3) is 10.5 Å². The summed E-state index contributed by atoms with van der Waals surface area (Å²) in [6, 6.07) is 16.9. The zero-order valence-corrected chi connectivity index (χ0v) is 13.6. The first-order valence-electron chi connectivity index (χ1n) is 6.95. The van der Waals surface area contributed by atoms with Gasteiger partial charge in [-0.2, -0.15) is 0 Å². The van der Waals surface area contributed by atoms with Crippen LogP contribution in [0.25, 0.3) is 26.9 Å². The molecule has 0 spiro atoms. The number of thiol groups is 1. The van der Waals surface area contributed by atoms with Crippen LogP contribution in [0, 0.1) is 10.1 Å². The van der Waals surface area contributed by atoms with Gasteiger partial charge in [0.1, 0.15) is 4.21 Å². The summed E-state index contributed by atoms with van der Waals surface area (Å²) in [4.78, 5) is 11.5. The first-order valence-corrected chi connectivity index (χ1v) is 8.21. The zero-order valence-electron chi connectivity index (χ0n) is 11.8. The topological polar surface area (TPSA) is 47.2 Å². The van der Waals surface area contributed by atoms with Gasteiger partial charge in [-0.1, -0.05) is 29.5 Å². The summed E-state index contributed by atoms with van der Waals surface area (Å²) in [5.41, 5.74) is 1.95. The van der Waals surface area contributed by atoms with E-state index in [1.54, 1.807) is 23.5 Å². The Morgan fingerprint density at radius 1 is 1.04 bits per heavy atom. The Morgan fingerprint density at radius 2 is 1.78 bits per heavy atom. The smallest absolute Gasteiger partial charge is 0.258 e. The minimum Gasteiger partial charge on any atom is -0.258 e. The molecule has 0 aliphatic carbocycles. The molecule has 2 aromatic heterocycles. The number of aromatic nitrogens is 1. The number of rotatable bonds is 2. The van der Waals surface area contributed by atoms with E-state index in [9.17, 15) is 10.1 Å². The molecular formula is C17H11N2O2S2+. The second kappa shape index (κ2) is 5.33. The molecule has 0 fully saturated rings. The van der Waals surface area contributed by atoms with Gasteiger partial charge in [0.15, 0.2) is 6.20 Å². The van der Waals surface area contributed by atoms with Crippen LogP contribution in [-0.2, 0) is 0 Å². The van der Waals surface area contributed by atoms with E-state index in [-0.39, 0.29) is 5.69 Å². The van der Waals surface area contributed by atoms with E-state index in [0.29, 0.717) is 0 Å². The predicted molar refractivity (Wildman–Crippen MR) is 94.3 cm³/mol. The normalized spacial score (nSPS) is 11.2. The lowest BCUT2D eigenvalue weighted by Gasteiger charge is -1.97. The average Bonchev–Trinajstić information content (AvgIpc) is 2.91. The van der Waals surface area contributed by atoms with Crippen LogP contribution in [0.2, 0.25) is 0 Å². The van der Waals surface area contributed by atoms with Crippen LogP contribution in [0.1, 0.15) is 0 Å². The second-order valence-corrected chi connectivity index (χ2v) is 6.89. The molecule has 23 heavy (non-hydrogen) atoms. The first-order chi connectivity index (χ1) is 11.1. The van der Waals surface area contributed by atoms with Gasteiger partial charge in [-0.3, -0.25) is 10.1 Å². The summed E-state index contributed by atoms with van der Waals surface area (Å²) in [6.07, 6.45) is 2.02. The van der Waals surface area contributed by atoms with E-state index in [0.717, 1.165) is 20.3 Å². The minimum absolute atomic E-state index is 0.0875. The van der Waals surface area contributed by atoms with Gasteiger partial charge in [-0.05, 0) is 23.6 Å². The maximum atomic E-state index is 10.8. The summed E-state index contributed by atoms with van der Waals surface area (Å²) in [5, 5.41) is 13.2. The van der Waals surface area contributed by atoms with Crippen LogP contribution in [0.15, 0.2) is 65.0 Å². The molecule has 0 unspecified atom stereocenters. The molecule has 112 valence electrons. The Kier molecular flexibility index (Phi) is 3.28. The van der Waals surface area contributed by atoms with E-state index in [2.05, 4.69) is 35.2 Å². The van der Waals surface area contributed by atoms with Crippen molar-refractivity contribution >= 4 is 45.3 Å². The maximum absolute atomic E-state index is 10.8. The van der Waals surface area contributed by atoms with E-state index < -0.39 is 4.92 Å². The average molecular weight is 339 g/mol. The second-order valence-electron chi connectivity index (χ2n) is 5.14. The van der Waals surface area contributed by atoms with Crippen molar-refractivity contribution in [2.75, 3.05) is 0 Å². The lowest BCUT2D eigenvalue weighted by atomic mass is 10.1. The van der Waals surface area contributed by atoms with Crippen molar-refractivity contribution in [3.8, 4) is 11.3 Å². The highest BCUT2D eigenvalue weighted by Gasteiger charge is 2.23. The van der Waals surface area contributed by atoms with Gasteiger partial charge in [0, 0.05) is 23.8 Å². The van der Waals surface area contributed by atoms with Crippen LogP contribution in [-0.4, -0.2) is 4.92 Å². The number of non-ortho nitro benzene ring substituents is 1. The molecule has 0 bridgehead atoms. The number of hydrogen-bond acceptors (Lipinski definition) is 4. The third kappa shape index (κ3) is 2.27. The highest BCUT2D eigenvalue weighted by molar-refractivity contribution is 7.83. The van der Waals surface area contributed by atoms with Gasteiger partial charge < -0.3 is 0 Å². The quantitative estimate of drug-likeness (QED) is 0.253. The molecule has 4 aromatic rings. The Morgan fingerprint density at radius 3 is 2.52 bits per heavy atom. The van der Waals surface area contributed by atoms with Gasteiger partial charge in [-0.25, -0.2) is 0 Å². The molecule has 4 rings (SSSR count). The molecule has 0 saturated heterocycles. The van der Waals surface area contributed by atoms with Crippen LogP contribution >= 0.6 is 24.0 Å². The largest absolute Gasteiger partial charge is 0.276 e. The van der Waals surface area contributed by atoms with Crippen molar-refractivity contribution in [2.45, 2.75) is 4.21 Å². The van der Waals surface area contributed by atoms with Crippen molar-refractivity contribution in [1.29, 1.82) is 0 Å². The first kappa shape index (κ1) is 14.2. The highest BCUT2D eigenvalue weighted by atomic mass is 32.2. The van der Waals surface area contributed by atoms with E-state index >= 15 is 0 Å². The third-order valence-electron chi connectivity index (χ3n) is 3.80. The van der Waals surface area contributed by atoms with Crippen LogP contribution in [0.4, 0.5) is 5.69 Å². The molecule has 0 aliphatic heterocycles. The molecule has 0 aliphatic rings. The zero-order chi connectivity index (χ0) is 16.0. The van der Waals surface area contributed by atoms with Crippen LogP contribution in [0.3, 0.4) is 0 Å². The van der Waals surface area contributed by atoms with Crippen molar-refractivity contribution in [3.05, 3.63) is 70.9 Å². The number of pyridine rings is 1. The number of thiazole rings is 1. The fourth-order valence-electron chi connectivity index (χ4n) is 2.72. The van der Waals surface area contributed by atoms with Gasteiger partial charge in [0.05, 0.1) is 10.3 Å². The summed E-state index contributed by atoms with van der Waals surface area (Å²) >= 11 is 6.23. The third-order valence-corrected chi connectivity index (χ3v) is 5.28.